The Morgan fingerprint density at radius 1 is 0.349 bits per heavy atom. The van der Waals surface area contributed by atoms with Crippen molar-refractivity contribution in [3.63, 3.8) is 0 Å². The fourth-order valence-electron chi connectivity index (χ4n) is 9.60. The highest BCUT2D eigenvalue weighted by atomic mass is 16.3. The Balaban J connectivity index is 1.10. The summed E-state index contributed by atoms with van der Waals surface area (Å²) < 4.78 is 11.8. The standard InChI is InChI=1S/C57H35N5O/c1-4-17-36(18-5-1)38-21-14-22-39(35-38)56-58-55(37-19-6-2-7-20-37)59-57(60-56)46-28-15-27-43-44-33-34-45-51-49(62-47-29-12-10-25-41(47)42-26-11-13-30-48(42)62)31-16-32-50(51)63-54(45)53(44)61(52(43)46)40-23-8-3-9-24-40/h1-35H. The van der Waals surface area contributed by atoms with Crippen LogP contribution in [0.1, 0.15) is 0 Å². The van der Waals surface area contributed by atoms with Crippen molar-refractivity contribution in [2.75, 3.05) is 0 Å². The molecule has 294 valence electrons. The molecular formula is C57H35N5O. The van der Waals surface area contributed by atoms with E-state index in [0.29, 0.717) is 17.5 Å². The predicted octanol–water partition coefficient (Wildman–Crippen LogP) is 14.6. The first-order valence-corrected chi connectivity index (χ1v) is 21.2. The maximum Gasteiger partial charge on any atom is 0.166 e. The zero-order valence-corrected chi connectivity index (χ0v) is 33.9. The van der Waals surface area contributed by atoms with Gasteiger partial charge < -0.3 is 13.6 Å². The van der Waals surface area contributed by atoms with E-state index in [1.54, 1.807) is 0 Å². The summed E-state index contributed by atoms with van der Waals surface area (Å²) in [4.78, 5) is 15.7. The Morgan fingerprint density at radius 2 is 0.889 bits per heavy atom. The highest BCUT2D eigenvalue weighted by Crippen LogP contribution is 2.45. The average Bonchev–Trinajstić information content (AvgIpc) is 4.03. The van der Waals surface area contributed by atoms with E-state index in [2.05, 4.69) is 197 Å². The highest BCUT2D eigenvalue weighted by molar-refractivity contribution is 6.24. The highest BCUT2D eigenvalue weighted by Gasteiger charge is 2.25. The molecule has 63 heavy (non-hydrogen) atoms. The number of fused-ring (bicyclic) bond motifs is 10. The molecule has 0 aliphatic heterocycles. The summed E-state index contributed by atoms with van der Waals surface area (Å²) in [5.41, 5.74) is 13.0. The Labute approximate surface area is 361 Å². The van der Waals surface area contributed by atoms with Crippen LogP contribution in [0.2, 0.25) is 0 Å². The van der Waals surface area contributed by atoms with Gasteiger partial charge in [-0.1, -0.05) is 158 Å². The first-order chi connectivity index (χ1) is 31.3. The number of furan rings is 1. The zero-order chi connectivity index (χ0) is 41.4. The van der Waals surface area contributed by atoms with E-state index in [-0.39, 0.29) is 0 Å². The topological polar surface area (TPSA) is 61.7 Å². The smallest absolute Gasteiger partial charge is 0.166 e. The van der Waals surface area contributed by atoms with Gasteiger partial charge in [-0.05, 0) is 65.7 Å². The van der Waals surface area contributed by atoms with Gasteiger partial charge in [0.2, 0.25) is 0 Å². The van der Waals surface area contributed by atoms with Crippen LogP contribution in [0.15, 0.2) is 217 Å². The lowest BCUT2D eigenvalue weighted by atomic mass is 10.0. The summed E-state index contributed by atoms with van der Waals surface area (Å²) in [5.74, 6) is 1.80. The molecule has 0 radical (unpaired) electrons. The van der Waals surface area contributed by atoms with Gasteiger partial charge in [0.25, 0.3) is 0 Å². The van der Waals surface area contributed by atoms with Gasteiger partial charge in [0, 0.05) is 49.3 Å². The van der Waals surface area contributed by atoms with Crippen molar-refractivity contribution < 1.29 is 4.42 Å². The number of para-hydroxylation sites is 4. The summed E-state index contributed by atoms with van der Waals surface area (Å²) in [5, 5.41) is 6.71. The van der Waals surface area contributed by atoms with Crippen LogP contribution in [0.3, 0.4) is 0 Å². The van der Waals surface area contributed by atoms with E-state index >= 15 is 0 Å². The normalized spacial score (nSPS) is 11.8. The molecule has 0 fully saturated rings. The molecule has 0 bridgehead atoms. The predicted molar refractivity (Wildman–Crippen MR) is 258 cm³/mol. The zero-order valence-electron chi connectivity index (χ0n) is 33.9. The molecular weight excluding hydrogens is 771 g/mol. The van der Waals surface area contributed by atoms with Crippen LogP contribution in [0.5, 0.6) is 0 Å². The number of rotatable bonds is 6. The summed E-state index contributed by atoms with van der Waals surface area (Å²) in [6, 6.07) is 74.2. The Hall–Kier alpha value is -8.61. The summed E-state index contributed by atoms with van der Waals surface area (Å²) in [7, 11) is 0. The summed E-state index contributed by atoms with van der Waals surface area (Å²) in [6.45, 7) is 0. The summed E-state index contributed by atoms with van der Waals surface area (Å²) >= 11 is 0. The minimum atomic E-state index is 0.587. The second-order valence-corrected chi connectivity index (χ2v) is 16.0. The van der Waals surface area contributed by atoms with Crippen LogP contribution >= 0.6 is 0 Å². The molecule has 6 nitrogen and oxygen atoms in total. The van der Waals surface area contributed by atoms with E-state index in [0.717, 1.165) is 94.0 Å². The SMILES string of the molecule is c1ccc(-c2cccc(-c3nc(-c4ccccc4)nc(-c4cccc5c6ccc7c(oc8cccc(-n9c%10ccccc%10c%10ccccc%109)c87)c6n(-c6ccccc6)c45)n3)c2)cc1. The quantitative estimate of drug-likeness (QED) is 0.168. The Kier molecular flexibility index (Phi) is 7.80. The number of nitrogens with zero attached hydrogens (tertiary/aromatic N) is 5. The molecule has 13 rings (SSSR count). The van der Waals surface area contributed by atoms with Crippen molar-refractivity contribution in [3.8, 4) is 56.7 Å². The van der Waals surface area contributed by atoms with Crippen molar-refractivity contribution in [1.82, 2.24) is 24.1 Å². The lowest BCUT2D eigenvalue weighted by molar-refractivity contribution is 0.671. The molecule has 13 aromatic rings. The maximum atomic E-state index is 7.09. The fourth-order valence-corrected chi connectivity index (χ4v) is 9.60. The molecule has 0 saturated heterocycles. The van der Waals surface area contributed by atoms with E-state index < -0.39 is 0 Å². The van der Waals surface area contributed by atoms with Crippen LogP contribution in [0.25, 0.3) is 122 Å². The van der Waals surface area contributed by atoms with E-state index in [1.807, 2.05) is 24.3 Å². The van der Waals surface area contributed by atoms with Crippen LogP contribution in [-0.4, -0.2) is 24.1 Å². The van der Waals surface area contributed by atoms with Gasteiger partial charge in [0.15, 0.2) is 23.1 Å². The van der Waals surface area contributed by atoms with Gasteiger partial charge >= 0.3 is 0 Å². The van der Waals surface area contributed by atoms with Crippen LogP contribution in [0.4, 0.5) is 0 Å². The molecule has 0 aliphatic carbocycles. The van der Waals surface area contributed by atoms with Gasteiger partial charge in [0.1, 0.15) is 5.58 Å². The molecule has 4 aromatic heterocycles. The van der Waals surface area contributed by atoms with Crippen LogP contribution in [-0.2, 0) is 0 Å². The first-order valence-electron chi connectivity index (χ1n) is 21.2. The molecule has 0 N–H and O–H groups in total. The van der Waals surface area contributed by atoms with Crippen LogP contribution in [0, 0.1) is 0 Å². The van der Waals surface area contributed by atoms with E-state index in [1.165, 1.54) is 10.8 Å². The molecule has 4 heterocycles. The third-order valence-corrected chi connectivity index (χ3v) is 12.4. The largest absolute Gasteiger partial charge is 0.454 e. The van der Waals surface area contributed by atoms with Crippen LogP contribution < -0.4 is 0 Å². The molecule has 0 amide bonds. The van der Waals surface area contributed by atoms with Gasteiger partial charge in [-0.15, -0.1) is 0 Å². The lowest BCUT2D eigenvalue weighted by Crippen LogP contribution is -2.02. The minimum absolute atomic E-state index is 0.587. The molecule has 0 unspecified atom stereocenters. The van der Waals surface area contributed by atoms with Crippen molar-refractivity contribution in [2.24, 2.45) is 0 Å². The van der Waals surface area contributed by atoms with Crippen molar-refractivity contribution in [1.29, 1.82) is 0 Å². The Morgan fingerprint density at radius 3 is 1.63 bits per heavy atom. The number of hydrogen-bond acceptors (Lipinski definition) is 4. The van der Waals surface area contributed by atoms with Crippen molar-refractivity contribution in [3.05, 3.63) is 212 Å². The first kappa shape index (κ1) is 35.2. The van der Waals surface area contributed by atoms with E-state index in [9.17, 15) is 0 Å². The van der Waals surface area contributed by atoms with E-state index in [4.69, 9.17) is 19.4 Å². The monoisotopic (exact) mass is 805 g/mol. The number of benzene rings is 9. The molecule has 0 aliphatic rings. The van der Waals surface area contributed by atoms with Gasteiger partial charge in [-0.3, -0.25) is 0 Å². The molecule has 6 heteroatoms. The van der Waals surface area contributed by atoms with Gasteiger partial charge in [0.05, 0.1) is 33.1 Å². The van der Waals surface area contributed by atoms with Gasteiger partial charge in [-0.25, -0.2) is 15.0 Å². The maximum absolute atomic E-state index is 7.09. The number of aromatic nitrogens is 5. The van der Waals surface area contributed by atoms with Crippen molar-refractivity contribution in [2.45, 2.75) is 0 Å². The molecule has 9 aromatic carbocycles. The fraction of sp³-hybridized carbons (Fsp3) is 0. The van der Waals surface area contributed by atoms with Gasteiger partial charge in [-0.2, -0.15) is 0 Å². The second kappa shape index (κ2) is 14.0. The molecule has 0 atom stereocenters. The third-order valence-electron chi connectivity index (χ3n) is 12.4. The Bertz CT molecular complexity index is 3850. The molecule has 0 saturated carbocycles. The average molecular weight is 806 g/mol. The summed E-state index contributed by atoms with van der Waals surface area (Å²) in [6.07, 6.45) is 0. The van der Waals surface area contributed by atoms with Crippen molar-refractivity contribution >= 4 is 65.6 Å². The lowest BCUT2D eigenvalue weighted by Gasteiger charge is -2.13. The third kappa shape index (κ3) is 5.48. The number of hydrogen-bond donors (Lipinski definition) is 0. The second-order valence-electron chi connectivity index (χ2n) is 16.0. The minimum Gasteiger partial charge on any atom is -0.454 e. The molecule has 0 spiro atoms.